The predicted octanol–water partition coefficient (Wildman–Crippen LogP) is 5.33. The van der Waals surface area contributed by atoms with Crippen molar-refractivity contribution < 1.29 is 0 Å². The first kappa shape index (κ1) is 13.0. The van der Waals surface area contributed by atoms with Crippen LogP contribution in [0.5, 0.6) is 0 Å². The second-order valence-electron chi connectivity index (χ2n) is 8.04. The summed E-state index contributed by atoms with van der Waals surface area (Å²) in [6.45, 7) is 0. The molecule has 4 fully saturated rings. The van der Waals surface area contributed by atoms with E-state index >= 15 is 0 Å². The van der Waals surface area contributed by atoms with Gasteiger partial charge in [-0.05, 0) is 74.0 Å². The highest BCUT2D eigenvalue weighted by Crippen LogP contribution is 2.58. The van der Waals surface area contributed by atoms with Crippen LogP contribution < -0.4 is 0 Å². The minimum atomic E-state index is 0.754. The van der Waals surface area contributed by atoms with Crippen molar-refractivity contribution in [2.45, 2.75) is 75.9 Å². The lowest BCUT2D eigenvalue weighted by molar-refractivity contribution is -0.0436. The van der Waals surface area contributed by atoms with Crippen molar-refractivity contribution in [2.24, 2.45) is 35.5 Å². The van der Waals surface area contributed by atoms with Gasteiger partial charge in [0.15, 0.2) is 0 Å². The summed E-state index contributed by atoms with van der Waals surface area (Å²) in [5.41, 5.74) is 0. The van der Waals surface area contributed by atoms with Crippen molar-refractivity contribution >= 4 is 12.6 Å². The largest absolute Gasteiger partial charge is 0.175 e. The van der Waals surface area contributed by atoms with Crippen LogP contribution in [0.15, 0.2) is 0 Å². The zero-order valence-electron chi connectivity index (χ0n) is 12.3. The summed E-state index contributed by atoms with van der Waals surface area (Å²) in [7, 11) is 0. The molecule has 4 unspecified atom stereocenters. The highest BCUT2D eigenvalue weighted by Gasteiger charge is 2.50. The number of hydrogen-bond donors (Lipinski definition) is 1. The highest BCUT2D eigenvalue weighted by molar-refractivity contribution is 7.81. The third-order valence-corrected chi connectivity index (χ3v) is 8.20. The summed E-state index contributed by atoms with van der Waals surface area (Å²) in [5, 5.41) is 0.754. The standard InChI is InChI=1S/C18H30S/c19-18(13-4-1-2-5-13)17-11-10-16(17)15-9-8-14(15)12-6-3-7-12/h12-19H,1-11H2/t14?,15-,16?,17?,18?/m0/s1. The summed E-state index contributed by atoms with van der Waals surface area (Å²) < 4.78 is 0. The molecule has 4 aliphatic rings. The lowest BCUT2D eigenvalue weighted by Gasteiger charge is -2.55. The monoisotopic (exact) mass is 278 g/mol. The Balaban J connectivity index is 1.36. The van der Waals surface area contributed by atoms with Crippen LogP contribution in [0.1, 0.15) is 70.6 Å². The van der Waals surface area contributed by atoms with E-state index in [4.69, 9.17) is 12.6 Å². The van der Waals surface area contributed by atoms with Gasteiger partial charge in [-0.25, -0.2) is 0 Å². The van der Waals surface area contributed by atoms with E-state index in [1.54, 1.807) is 32.1 Å². The van der Waals surface area contributed by atoms with Crippen molar-refractivity contribution in [3.63, 3.8) is 0 Å². The maximum atomic E-state index is 5.09. The molecule has 5 atom stereocenters. The van der Waals surface area contributed by atoms with Gasteiger partial charge in [0.2, 0.25) is 0 Å². The van der Waals surface area contributed by atoms with Gasteiger partial charge in [0.05, 0.1) is 0 Å². The first-order valence-electron chi connectivity index (χ1n) is 9.02. The molecular formula is C18H30S. The molecule has 0 amide bonds. The Kier molecular flexibility index (Phi) is 3.62. The van der Waals surface area contributed by atoms with Gasteiger partial charge < -0.3 is 0 Å². The first-order valence-corrected chi connectivity index (χ1v) is 9.54. The second kappa shape index (κ2) is 5.28. The number of hydrogen-bond acceptors (Lipinski definition) is 1. The average Bonchev–Trinajstić information content (AvgIpc) is 2.80. The van der Waals surface area contributed by atoms with Crippen LogP contribution in [-0.4, -0.2) is 5.25 Å². The van der Waals surface area contributed by atoms with Crippen molar-refractivity contribution in [1.82, 2.24) is 0 Å². The number of thiol groups is 1. The van der Waals surface area contributed by atoms with Crippen LogP contribution in [-0.2, 0) is 0 Å². The van der Waals surface area contributed by atoms with E-state index in [-0.39, 0.29) is 0 Å². The third-order valence-electron chi connectivity index (χ3n) is 7.39. The van der Waals surface area contributed by atoms with Crippen molar-refractivity contribution in [1.29, 1.82) is 0 Å². The van der Waals surface area contributed by atoms with Gasteiger partial charge in [0.25, 0.3) is 0 Å². The molecule has 1 heteroatoms. The molecule has 0 spiro atoms. The molecule has 4 rings (SSSR count). The fourth-order valence-corrected chi connectivity index (χ4v) is 6.36. The molecule has 0 radical (unpaired) electrons. The smallest absolute Gasteiger partial charge is 0.00760 e. The summed E-state index contributed by atoms with van der Waals surface area (Å²) in [5.74, 6) is 6.47. The molecule has 4 aliphatic carbocycles. The quantitative estimate of drug-likeness (QED) is 0.660. The zero-order chi connectivity index (χ0) is 12.8. The molecule has 0 nitrogen and oxygen atoms in total. The minimum Gasteiger partial charge on any atom is -0.175 e. The molecule has 0 aromatic heterocycles. The average molecular weight is 279 g/mol. The molecule has 0 aliphatic heterocycles. The maximum Gasteiger partial charge on any atom is 0.00760 e. The van der Waals surface area contributed by atoms with Crippen molar-refractivity contribution in [2.75, 3.05) is 0 Å². The minimum absolute atomic E-state index is 0.754. The van der Waals surface area contributed by atoms with Gasteiger partial charge >= 0.3 is 0 Å². The summed E-state index contributed by atoms with van der Waals surface area (Å²) in [4.78, 5) is 0. The van der Waals surface area contributed by atoms with Gasteiger partial charge in [0.1, 0.15) is 0 Å². The lowest BCUT2D eigenvalue weighted by Crippen LogP contribution is -2.48. The Morgan fingerprint density at radius 1 is 0.632 bits per heavy atom. The molecule has 0 aromatic carbocycles. The van der Waals surface area contributed by atoms with Crippen molar-refractivity contribution in [3.8, 4) is 0 Å². The molecular weight excluding hydrogens is 248 g/mol. The molecule has 19 heavy (non-hydrogen) atoms. The van der Waals surface area contributed by atoms with Gasteiger partial charge in [-0.2, -0.15) is 12.6 Å². The molecule has 4 saturated carbocycles. The van der Waals surface area contributed by atoms with Crippen molar-refractivity contribution in [3.05, 3.63) is 0 Å². The van der Waals surface area contributed by atoms with E-state index in [0.717, 1.165) is 40.8 Å². The molecule has 0 bridgehead atoms. The molecule has 0 heterocycles. The van der Waals surface area contributed by atoms with Crippen LogP contribution in [0, 0.1) is 35.5 Å². The fraction of sp³-hybridized carbons (Fsp3) is 1.00. The third kappa shape index (κ3) is 2.19. The van der Waals surface area contributed by atoms with Gasteiger partial charge in [-0.15, -0.1) is 0 Å². The van der Waals surface area contributed by atoms with Crippen LogP contribution in [0.2, 0.25) is 0 Å². The molecule has 0 aromatic rings. The topological polar surface area (TPSA) is 0 Å². The normalized spacial score (nSPS) is 45.3. The second-order valence-corrected chi connectivity index (χ2v) is 8.63. The van der Waals surface area contributed by atoms with Crippen LogP contribution in [0.3, 0.4) is 0 Å². The van der Waals surface area contributed by atoms with E-state index in [2.05, 4.69) is 0 Å². The Labute approximate surface area is 124 Å². The number of rotatable bonds is 4. The van der Waals surface area contributed by atoms with Crippen LogP contribution in [0.25, 0.3) is 0 Å². The van der Waals surface area contributed by atoms with Gasteiger partial charge in [0, 0.05) is 5.25 Å². The highest BCUT2D eigenvalue weighted by atomic mass is 32.1. The van der Waals surface area contributed by atoms with E-state index < -0.39 is 0 Å². The summed E-state index contributed by atoms with van der Waals surface area (Å²) in [6, 6.07) is 0. The fourth-order valence-electron chi connectivity index (χ4n) is 5.69. The SMILES string of the molecule is SC(C1CCCC1)C1CCC1[C@H]1CCC1C1CCC1. The Morgan fingerprint density at radius 2 is 1.32 bits per heavy atom. The summed E-state index contributed by atoms with van der Waals surface area (Å²) >= 11 is 5.09. The lowest BCUT2D eigenvalue weighted by atomic mass is 9.51. The van der Waals surface area contributed by atoms with Crippen LogP contribution in [0.4, 0.5) is 0 Å². The summed E-state index contributed by atoms with van der Waals surface area (Å²) in [6.07, 6.45) is 16.7. The molecule has 0 N–H and O–H groups in total. The van der Waals surface area contributed by atoms with E-state index in [1.165, 1.54) is 38.5 Å². The van der Waals surface area contributed by atoms with Gasteiger partial charge in [-0.3, -0.25) is 0 Å². The first-order chi connectivity index (χ1) is 9.34. The molecule has 0 saturated heterocycles. The molecule has 108 valence electrons. The van der Waals surface area contributed by atoms with E-state index in [9.17, 15) is 0 Å². The zero-order valence-corrected chi connectivity index (χ0v) is 13.2. The maximum absolute atomic E-state index is 5.09. The van der Waals surface area contributed by atoms with Gasteiger partial charge in [-0.1, -0.05) is 32.1 Å². The van der Waals surface area contributed by atoms with E-state index in [0.29, 0.717) is 0 Å². The van der Waals surface area contributed by atoms with E-state index in [1.807, 2.05) is 0 Å². The Hall–Kier alpha value is 0.350. The Morgan fingerprint density at radius 3 is 1.79 bits per heavy atom. The Bertz CT molecular complexity index is 316. The van der Waals surface area contributed by atoms with Crippen LogP contribution >= 0.6 is 12.6 Å². The predicted molar refractivity (Wildman–Crippen MR) is 84.5 cm³/mol.